The molecule has 4 aromatic carbocycles. The van der Waals surface area contributed by atoms with E-state index in [-0.39, 0.29) is 12.5 Å². The van der Waals surface area contributed by atoms with Gasteiger partial charge >= 0.3 is 0 Å². The number of nitrogens with zero attached hydrogens (tertiary/aromatic N) is 1. The molecule has 0 spiro atoms. The molecule has 0 radical (unpaired) electrons. The lowest BCUT2D eigenvalue weighted by molar-refractivity contribution is -0.118. The third-order valence-corrected chi connectivity index (χ3v) is 5.39. The normalized spacial score (nSPS) is 11.0. The van der Waals surface area contributed by atoms with Gasteiger partial charge in [0.05, 0.1) is 0 Å². The summed E-state index contributed by atoms with van der Waals surface area (Å²) in [5.74, 6) is 0.991. The molecule has 0 aliphatic rings. The number of aromatic nitrogens is 1. The first-order valence-corrected chi connectivity index (χ1v) is 10.6. The van der Waals surface area contributed by atoms with Crippen molar-refractivity contribution in [1.29, 1.82) is 0 Å². The van der Waals surface area contributed by atoms with Crippen LogP contribution < -0.4 is 10.1 Å². The molecule has 1 heterocycles. The zero-order chi connectivity index (χ0) is 21.9. The molecule has 5 nitrogen and oxygen atoms in total. The second kappa shape index (κ2) is 8.55. The molecular formula is C27H22N2O3. The molecular weight excluding hydrogens is 400 g/mol. The summed E-state index contributed by atoms with van der Waals surface area (Å²) in [5, 5.41) is 5.07. The average molecular weight is 422 g/mol. The van der Waals surface area contributed by atoms with Gasteiger partial charge in [-0.3, -0.25) is 4.79 Å². The lowest BCUT2D eigenvalue weighted by Crippen LogP contribution is -2.20. The number of ether oxygens (including phenoxy) is 1. The quantitative estimate of drug-likeness (QED) is 0.352. The molecule has 0 atom stereocenters. The molecule has 0 saturated heterocycles. The molecule has 0 saturated carbocycles. The predicted molar refractivity (Wildman–Crippen MR) is 127 cm³/mol. The van der Waals surface area contributed by atoms with Crippen molar-refractivity contribution in [3.63, 3.8) is 0 Å². The van der Waals surface area contributed by atoms with Gasteiger partial charge in [0.25, 0.3) is 5.91 Å². The largest absolute Gasteiger partial charge is 0.484 e. The van der Waals surface area contributed by atoms with Gasteiger partial charge in [-0.25, -0.2) is 4.98 Å². The molecule has 0 unspecified atom stereocenters. The number of anilines is 1. The Morgan fingerprint density at radius 2 is 1.78 bits per heavy atom. The van der Waals surface area contributed by atoms with E-state index in [4.69, 9.17) is 9.15 Å². The first-order chi connectivity index (χ1) is 15.7. The van der Waals surface area contributed by atoms with Crippen LogP contribution in [0.1, 0.15) is 12.5 Å². The Balaban J connectivity index is 1.32. The van der Waals surface area contributed by atoms with Crippen molar-refractivity contribution >= 4 is 33.5 Å². The highest BCUT2D eigenvalue weighted by Crippen LogP contribution is 2.31. The van der Waals surface area contributed by atoms with E-state index >= 15 is 0 Å². The van der Waals surface area contributed by atoms with Crippen LogP contribution in [0.5, 0.6) is 5.75 Å². The lowest BCUT2D eigenvalue weighted by atomic mass is 10.0. The van der Waals surface area contributed by atoms with Crippen LogP contribution >= 0.6 is 0 Å². The molecule has 32 heavy (non-hydrogen) atoms. The van der Waals surface area contributed by atoms with Crippen molar-refractivity contribution in [2.45, 2.75) is 13.3 Å². The summed E-state index contributed by atoms with van der Waals surface area (Å²) in [6, 6.07) is 27.4. The highest BCUT2D eigenvalue weighted by atomic mass is 16.5. The number of nitrogens with one attached hydrogen (secondary N) is 1. The van der Waals surface area contributed by atoms with E-state index in [2.05, 4.69) is 35.4 Å². The van der Waals surface area contributed by atoms with E-state index in [1.165, 1.54) is 5.56 Å². The number of benzene rings is 4. The maximum atomic E-state index is 12.3. The summed E-state index contributed by atoms with van der Waals surface area (Å²) >= 11 is 0. The maximum absolute atomic E-state index is 12.3. The van der Waals surface area contributed by atoms with Crippen LogP contribution in [0.15, 0.2) is 89.3 Å². The van der Waals surface area contributed by atoms with Crippen LogP contribution in [0.3, 0.4) is 0 Å². The van der Waals surface area contributed by atoms with Gasteiger partial charge < -0.3 is 14.5 Å². The summed E-state index contributed by atoms with van der Waals surface area (Å²) in [4.78, 5) is 17.0. The highest BCUT2D eigenvalue weighted by molar-refractivity contribution is 5.97. The van der Waals surface area contributed by atoms with E-state index in [1.807, 2.05) is 54.6 Å². The van der Waals surface area contributed by atoms with Crippen LogP contribution in [0.25, 0.3) is 33.3 Å². The van der Waals surface area contributed by atoms with Gasteiger partial charge in [0.1, 0.15) is 11.3 Å². The lowest BCUT2D eigenvalue weighted by Gasteiger charge is -2.08. The molecule has 5 rings (SSSR count). The van der Waals surface area contributed by atoms with Crippen molar-refractivity contribution in [3.05, 3.63) is 90.5 Å². The summed E-state index contributed by atoms with van der Waals surface area (Å²) in [5.41, 5.74) is 4.16. The number of hydrogen-bond donors (Lipinski definition) is 1. The number of fused-ring (bicyclic) bond motifs is 2. The fraction of sp³-hybridized carbons (Fsp3) is 0.111. The molecule has 1 N–H and O–H groups in total. The van der Waals surface area contributed by atoms with Gasteiger partial charge in [-0.05, 0) is 59.2 Å². The standard InChI is InChI=1S/C27H22N2O3/c1-2-18-10-13-21(14-11-18)31-17-26(30)28-20-12-15-25-24(16-20)29-27(32-25)23-9-5-7-19-6-3-4-8-22(19)23/h3-16H,2,17H2,1H3,(H,28,30). The molecule has 0 fully saturated rings. The summed E-state index contributed by atoms with van der Waals surface area (Å²) in [7, 11) is 0. The van der Waals surface area contributed by atoms with Gasteiger partial charge in [0, 0.05) is 11.3 Å². The molecule has 5 aromatic rings. The van der Waals surface area contributed by atoms with Crippen molar-refractivity contribution in [2.24, 2.45) is 0 Å². The van der Waals surface area contributed by atoms with Crippen LogP contribution in [0.4, 0.5) is 5.69 Å². The van der Waals surface area contributed by atoms with Gasteiger partial charge in [-0.1, -0.05) is 55.5 Å². The van der Waals surface area contributed by atoms with Crippen molar-refractivity contribution < 1.29 is 13.9 Å². The number of aryl methyl sites for hydroxylation is 1. The Morgan fingerprint density at radius 1 is 0.969 bits per heavy atom. The molecule has 0 aliphatic heterocycles. The fourth-order valence-corrected chi connectivity index (χ4v) is 3.70. The predicted octanol–water partition coefficient (Wildman–Crippen LogP) is 6.23. The minimum absolute atomic E-state index is 0.0659. The van der Waals surface area contributed by atoms with Crippen molar-refractivity contribution in [3.8, 4) is 17.2 Å². The topological polar surface area (TPSA) is 64.4 Å². The average Bonchev–Trinajstić information content (AvgIpc) is 3.26. The zero-order valence-corrected chi connectivity index (χ0v) is 17.7. The van der Waals surface area contributed by atoms with Gasteiger partial charge in [0.15, 0.2) is 12.2 Å². The Kier molecular flexibility index (Phi) is 5.30. The van der Waals surface area contributed by atoms with Crippen LogP contribution in [0, 0.1) is 0 Å². The van der Waals surface area contributed by atoms with Crippen LogP contribution in [0.2, 0.25) is 0 Å². The van der Waals surface area contributed by atoms with Crippen LogP contribution in [-0.2, 0) is 11.2 Å². The SMILES string of the molecule is CCc1ccc(OCC(=O)Nc2ccc3oc(-c4cccc5ccccc45)nc3c2)cc1. The van der Waals surface area contributed by atoms with Gasteiger partial charge in [0.2, 0.25) is 5.89 Å². The minimum Gasteiger partial charge on any atom is -0.484 e. The third kappa shape index (κ3) is 4.05. The molecule has 158 valence electrons. The van der Waals surface area contributed by atoms with E-state index in [9.17, 15) is 4.79 Å². The van der Waals surface area contributed by atoms with Crippen molar-refractivity contribution in [2.75, 3.05) is 11.9 Å². The highest BCUT2D eigenvalue weighted by Gasteiger charge is 2.12. The monoisotopic (exact) mass is 422 g/mol. The number of rotatable bonds is 6. The zero-order valence-electron chi connectivity index (χ0n) is 17.7. The number of amides is 1. The third-order valence-electron chi connectivity index (χ3n) is 5.39. The number of carbonyl (C=O) groups is 1. The van der Waals surface area contributed by atoms with Gasteiger partial charge in [-0.15, -0.1) is 0 Å². The molecule has 0 aliphatic carbocycles. The number of hydrogen-bond acceptors (Lipinski definition) is 4. The summed E-state index contributed by atoms with van der Waals surface area (Å²) < 4.78 is 11.6. The van der Waals surface area contributed by atoms with Crippen molar-refractivity contribution in [1.82, 2.24) is 4.98 Å². The number of carbonyl (C=O) groups excluding carboxylic acids is 1. The van der Waals surface area contributed by atoms with E-state index < -0.39 is 0 Å². The van der Waals surface area contributed by atoms with E-state index in [1.54, 1.807) is 12.1 Å². The van der Waals surface area contributed by atoms with E-state index in [0.717, 1.165) is 22.8 Å². The Bertz CT molecular complexity index is 1400. The molecule has 0 bridgehead atoms. The van der Waals surface area contributed by atoms with Gasteiger partial charge in [-0.2, -0.15) is 0 Å². The number of oxazole rings is 1. The van der Waals surface area contributed by atoms with E-state index in [0.29, 0.717) is 28.4 Å². The smallest absolute Gasteiger partial charge is 0.262 e. The Labute approximate surface area is 185 Å². The summed E-state index contributed by atoms with van der Waals surface area (Å²) in [6.45, 7) is 2.03. The maximum Gasteiger partial charge on any atom is 0.262 e. The molecule has 1 aromatic heterocycles. The first-order valence-electron chi connectivity index (χ1n) is 10.6. The fourth-order valence-electron chi connectivity index (χ4n) is 3.70. The minimum atomic E-state index is -0.235. The molecule has 1 amide bonds. The second-order valence-electron chi connectivity index (χ2n) is 7.56. The first kappa shape index (κ1) is 19.8. The Morgan fingerprint density at radius 3 is 2.62 bits per heavy atom. The molecule has 5 heteroatoms. The Hall–Kier alpha value is -4.12. The van der Waals surface area contributed by atoms with Crippen LogP contribution in [-0.4, -0.2) is 17.5 Å². The second-order valence-corrected chi connectivity index (χ2v) is 7.56. The summed E-state index contributed by atoms with van der Waals surface area (Å²) in [6.07, 6.45) is 0.966.